The van der Waals surface area contributed by atoms with Crippen molar-refractivity contribution in [2.45, 2.75) is 51.2 Å². The Kier molecular flexibility index (Phi) is 7.51. The Hall–Kier alpha value is -4.50. The number of nitrogens with two attached hydrogens (primary N) is 1. The van der Waals surface area contributed by atoms with E-state index in [4.69, 9.17) is 25.4 Å². The van der Waals surface area contributed by atoms with Crippen LogP contribution in [0.1, 0.15) is 54.1 Å². The predicted octanol–water partition coefficient (Wildman–Crippen LogP) is 6.47. The molecular weight excluding hydrogens is 533 g/mol. The summed E-state index contributed by atoms with van der Waals surface area (Å²) in [5, 5.41) is 9.54. The molecule has 8 nitrogen and oxygen atoms in total. The van der Waals surface area contributed by atoms with Gasteiger partial charge < -0.3 is 24.5 Å². The van der Waals surface area contributed by atoms with E-state index in [0.717, 1.165) is 53.8 Å². The zero-order valence-corrected chi connectivity index (χ0v) is 24.0. The fourth-order valence-corrected chi connectivity index (χ4v) is 5.98. The van der Waals surface area contributed by atoms with Crippen molar-refractivity contribution in [3.63, 3.8) is 0 Å². The standard InChI is InChI=1S/C33H34FN5O3/c1-19-14-21(9-11-28(19)42-29-12-13-37-26-17-31(41-3)30(40-2)16-23(26)29)38-33(36)25-18-39(22-6-4-5-7-22)27-10-8-20(34)15-24(27)32(25)35/h8-15,17-18,22,30,35H,4-7,16H2,1-3H3,(H2,36,38). The van der Waals surface area contributed by atoms with Crippen LogP contribution < -0.4 is 15.8 Å². The van der Waals surface area contributed by atoms with E-state index in [9.17, 15) is 4.39 Å². The number of rotatable bonds is 7. The van der Waals surface area contributed by atoms with Gasteiger partial charge in [-0.2, -0.15) is 0 Å². The first-order chi connectivity index (χ1) is 20.4. The highest BCUT2D eigenvalue weighted by Crippen LogP contribution is 2.36. The SMILES string of the molecule is COC1=Cc2nccc(Oc3ccc(N=C(N)c4cn(C5CCCC5)c5ccc(F)cc5c4=N)cc3C)c2CC1OC. The van der Waals surface area contributed by atoms with E-state index in [0.29, 0.717) is 40.6 Å². The van der Waals surface area contributed by atoms with E-state index in [2.05, 4.69) is 14.5 Å². The Bertz CT molecular complexity index is 1790. The van der Waals surface area contributed by atoms with Crippen LogP contribution >= 0.6 is 0 Å². The molecule has 9 heteroatoms. The first-order valence-electron chi connectivity index (χ1n) is 14.1. The van der Waals surface area contributed by atoms with Gasteiger partial charge in [-0.1, -0.05) is 12.8 Å². The van der Waals surface area contributed by atoms with Gasteiger partial charge in [0.25, 0.3) is 0 Å². The molecule has 2 heterocycles. The number of amidine groups is 1. The van der Waals surface area contributed by atoms with Crippen LogP contribution in [0, 0.1) is 18.2 Å². The highest BCUT2D eigenvalue weighted by Gasteiger charge is 2.26. The van der Waals surface area contributed by atoms with E-state index in [1.54, 1.807) is 26.5 Å². The van der Waals surface area contributed by atoms with Crippen molar-refractivity contribution >= 4 is 28.5 Å². The molecule has 2 aromatic carbocycles. The molecule has 1 saturated carbocycles. The van der Waals surface area contributed by atoms with Crippen LogP contribution in [0.5, 0.6) is 11.5 Å². The lowest BCUT2D eigenvalue weighted by Crippen LogP contribution is -2.26. The molecule has 2 aliphatic carbocycles. The zero-order chi connectivity index (χ0) is 29.4. The van der Waals surface area contributed by atoms with Crippen molar-refractivity contribution < 1.29 is 18.6 Å². The maximum Gasteiger partial charge on any atom is 0.135 e. The van der Waals surface area contributed by atoms with Gasteiger partial charge in [-0.05, 0) is 67.8 Å². The van der Waals surface area contributed by atoms with Crippen molar-refractivity contribution in [1.82, 2.24) is 9.55 Å². The van der Waals surface area contributed by atoms with Crippen molar-refractivity contribution in [1.29, 1.82) is 5.41 Å². The van der Waals surface area contributed by atoms with Crippen molar-refractivity contribution in [3.05, 3.63) is 94.2 Å². The first kappa shape index (κ1) is 27.7. The highest BCUT2D eigenvalue weighted by atomic mass is 19.1. The minimum Gasteiger partial charge on any atom is -0.498 e. The summed E-state index contributed by atoms with van der Waals surface area (Å²) >= 11 is 0. The quantitative estimate of drug-likeness (QED) is 0.197. The Morgan fingerprint density at radius 3 is 2.64 bits per heavy atom. The number of fused-ring (bicyclic) bond motifs is 2. The second-order valence-electron chi connectivity index (χ2n) is 10.8. The number of pyridine rings is 2. The fraction of sp³-hybridized carbons (Fsp3) is 0.303. The maximum atomic E-state index is 14.2. The lowest BCUT2D eigenvalue weighted by molar-refractivity contribution is 0.0789. The van der Waals surface area contributed by atoms with E-state index in [-0.39, 0.29) is 23.1 Å². The van der Waals surface area contributed by atoms with Crippen LogP contribution in [0.25, 0.3) is 17.0 Å². The number of hydrogen-bond acceptors (Lipinski definition) is 6. The van der Waals surface area contributed by atoms with E-state index < -0.39 is 0 Å². The summed E-state index contributed by atoms with van der Waals surface area (Å²) in [7, 11) is 3.28. The molecule has 2 aromatic heterocycles. The smallest absolute Gasteiger partial charge is 0.135 e. The molecule has 0 aliphatic heterocycles. The molecule has 0 radical (unpaired) electrons. The van der Waals surface area contributed by atoms with Gasteiger partial charge in [-0.25, -0.2) is 9.38 Å². The Labute approximate surface area is 243 Å². The molecule has 3 N–H and O–H groups in total. The molecule has 216 valence electrons. The van der Waals surface area contributed by atoms with E-state index in [1.807, 2.05) is 43.5 Å². The fourth-order valence-electron chi connectivity index (χ4n) is 5.98. The lowest BCUT2D eigenvalue weighted by atomic mass is 9.97. The largest absolute Gasteiger partial charge is 0.498 e. The topological polar surface area (TPSA) is 108 Å². The molecule has 0 saturated heterocycles. The summed E-state index contributed by atoms with van der Waals surface area (Å²) in [6.07, 6.45) is 10.3. The molecule has 1 atom stereocenters. The summed E-state index contributed by atoms with van der Waals surface area (Å²) in [6, 6.07) is 12.3. The number of aryl methyl sites for hydroxylation is 1. The number of nitrogens with zero attached hydrogens (tertiary/aromatic N) is 3. The summed E-state index contributed by atoms with van der Waals surface area (Å²) < 4.78 is 33.8. The number of aromatic nitrogens is 2. The highest BCUT2D eigenvalue weighted by molar-refractivity contribution is 6.01. The third-order valence-electron chi connectivity index (χ3n) is 8.22. The third kappa shape index (κ3) is 5.16. The van der Waals surface area contributed by atoms with Crippen molar-refractivity contribution in [2.24, 2.45) is 10.7 Å². The lowest BCUT2D eigenvalue weighted by Gasteiger charge is -2.25. The van der Waals surface area contributed by atoms with Gasteiger partial charge in [0.2, 0.25) is 0 Å². The summed E-state index contributed by atoms with van der Waals surface area (Å²) in [5.74, 6) is 1.94. The van der Waals surface area contributed by atoms with Gasteiger partial charge in [-0.15, -0.1) is 0 Å². The Morgan fingerprint density at radius 1 is 1.10 bits per heavy atom. The second-order valence-corrected chi connectivity index (χ2v) is 10.8. The summed E-state index contributed by atoms with van der Waals surface area (Å²) in [6.45, 7) is 1.95. The van der Waals surface area contributed by atoms with E-state index >= 15 is 0 Å². The van der Waals surface area contributed by atoms with Crippen LogP contribution in [-0.2, 0) is 15.9 Å². The van der Waals surface area contributed by atoms with Gasteiger partial charge in [0.1, 0.15) is 35.0 Å². The molecule has 0 amide bonds. The number of ether oxygens (including phenoxy) is 3. The van der Waals surface area contributed by atoms with Gasteiger partial charge >= 0.3 is 0 Å². The van der Waals surface area contributed by atoms with Gasteiger partial charge in [0.15, 0.2) is 0 Å². The first-order valence-corrected chi connectivity index (χ1v) is 14.1. The summed E-state index contributed by atoms with van der Waals surface area (Å²) in [5.41, 5.74) is 11.1. The molecule has 1 unspecified atom stereocenters. The van der Waals surface area contributed by atoms with Crippen LogP contribution in [0.3, 0.4) is 0 Å². The van der Waals surface area contributed by atoms with Crippen LogP contribution in [0.4, 0.5) is 10.1 Å². The molecular formula is C33H34FN5O3. The van der Waals surface area contributed by atoms with E-state index in [1.165, 1.54) is 12.1 Å². The third-order valence-corrected chi connectivity index (χ3v) is 8.22. The van der Waals surface area contributed by atoms with Gasteiger partial charge in [0.05, 0.1) is 34.9 Å². The van der Waals surface area contributed by atoms with Crippen LogP contribution in [0.2, 0.25) is 0 Å². The monoisotopic (exact) mass is 567 g/mol. The number of hydrogen-bond donors (Lipinski definition) is 2. The molecule has 2 aliphatic rings. The molecule has 6 rings (SSSR count). The molecule has 42 heavy (non-hydrogen) atoms. The number of methoxy groups -OCH3 is 2. The average molecular weight is 568 g/mol. The summed E-state index contributed by atoms with van der Waals surface area (Å²) in [4.78, 5) is 9.16. The predicted molar refractivity (Wildman–Crippen MR) is 161 cm³/mol. The van der Waals surface area contributed by atoms with Crippen molar-refractivity contribution in [3.8, 4) is 11.5 Å². The number of benzene rings is 2. The Balaban J connectivity index is 1.32. The zero-order valence-electron chi connectivity index (χ0n) is 24.0. The average Bonchev–Trinajstić information content (AvgIpc) is 3.53. The maximum absolute atomic E-state index is 14.2. The number of nitrogens with one attached hydrogen (secondary N) is 1. The number of aliphatic imine (C=N–C) groups is 1. The molecule has 0 spiro atoms. The van der Waals surface area contributed by atoms with Crippen molar-refractivity contribution in [2.75, 3.05) is 14.2 Å². The number of halogens is 1. The minimum atomic E-state index is -0.379. The normalized spacial score (nSPS) is 17.3. The van der Waals surface area contributed by atoms with Gasteiger partial charge in [-0.3, -0.25) is 10.4 Å². The van der Waals surface area contributed by atoms with Gasteiger partial charge in [0, 0.05) is 49.0 Å². The second kappa shape index (κ2) is 11.4. The molecule has 1 fully saturated rings. The molecule has 4 aromatic rings. The molecule has 0 bridgehead atoms. The van der Waals surface area contributed by atoms with Crippen LogP contribution in [-0.4, -0.2) is 35.7 Å². The minimum absolute atomic E-state index is 0.166. The Morgan fingerprint density at radius 2 is 1.90 bits per heavy atom. The van der Waals surface area contributed by atoms with Crippen LogP contribution in [0.15, 0.2) is 65.6 Å².